The Morgan fingerprint density at radius 3 is 1.58 bits per heavy atom. The van der Waals surface area contributed by atoms with Gasteiger partial charge >= 0.3 is 0 Å². The predicted octanol–water partition coefficient (Wildman–Crippen LogP) is 7.39. The van der Waals surface area contributed by atoms with E-state index < -0.39 is 31.7 Å². The number of rotatable bonds is 19. The van der Waals surface area contributed by atoms with Crippen molar-refractivity contribution in [3.8, 4) is 0 Å². The third kappa shape index (κ3) is 11.1. The third-order valence-electron chi connectivity index (χ3n) is 23.7. The van der Waals surface area contributed by atoms with Crippen LogP contribution in [0, 0.1) is 92.2 Å². The Hall–Kier alpha value is -1.40. The average Bonchev–Trinajstić information content (AvgIpc) is 3.83. The molecule has 0 aromatic carbocycles. The van der Waals surface area contributed by atoms with Crippen molar-refractivity contribution in [3.05, 3.63) is 0 Å². The zero-order valence-electron chi connectivity index (χ0n) is 44.6. The van der Waals surface area contributed by atoms with Crippen LogP contribution >= 0.6 is 0 Å². The van der Waals surface area contributed by atoms with Gasteiger partial charge in [-0.2, -0.15) is 16.8 Å². The fourth-order valence-electron chi connectivity index (χ4n) is 19.7. The lowest BCUT2D eigenvalue weighted by Crippen LogP contribution is -2.64. The molecule has 6 unspecified atom stereocenters. The highest BCUT2D eigenvalue weighted by Gasteiger charge is 2.68. The van der Waals surface area contributed by atoms with Crippen LogP contribution in [-0.4, -0.2) is 110 Å². The van der Waals surface area contributed by atoms with Crippen LogP contribution in [0.5, 0.6) is 0 Å². The van der Waals surface area contributed by atoms with Gasteiger partial charge in [0.25, 0.3) is 20.2 Å². The molecule has 8 aliphatic rings. The predicted molar refractivity (Wildman–Crippen MR) is 277 cm³/mol. The fourth-order valence-corrected chi connectivity index (χ4v) is 20.4. The molecule has 8 saturated carbocycles. The topological polar surface area (TPSA) is 231 Å². The first kappa shape index (κ1) is 55.8. The van der Waals surface area contributed by atoms with Crippen LogP contribution in [0.2, 0.25) is 0 Å². The van der Waals surface area contributed by atoms with Crippen LogP contribution in [0.3, 0.4) is 0 Å². The molecule has 8 N–H and O–H groups in total. The second-order valence-electron chi connectivity index (χ2n) is 26.8. The van der Waals surface area contributed by atoms with E-state index in [9.17, 15) is 36.6 Å². The first-order valence-electron chi connectivity index (χ1n) is 28.5. The van der Waals surface area contributed by atoms with E-state index >= 15 is 0 Å². The van der Waals surface area contributed by atoms with Crippen molar-refractivity contribution >= 4 is 32.1 Å². The summed E-state index contributed by atoms with van der Waals surface area (Å²) in [5.74, 6) is 3.53. The van der Waals surface area contributed by atoms with Gasteiger partial charge in [-0.1, -0.05) is 48.5 Å². The Balaban J connectivity index is 0.780. The van der Waals surface area contributed by atoms with Crippen molar-refractivity contribution in [3.63, 3.8) is 0 Å². The molecule has 0 saturated heterocycles. The molecule has 14 nitrogen and oxygen atoms in total. The SMILES string of the molecule is C[C@H](CCC(=O)NCCS(=O)(=O)O)[C@H]1CC[C@@H]2C3[C@@H](CC[C@@]21C)[C@@]1(C)CCC(NCCNC2CC[C@]4(C)C(C2)C[C@@H](O)C2[C@@H]5CC[C@@H]([C@@H](C)CCC(=O)NCCS(=O)(=O)O)[C@]5(C)CC[C@@]24C)CC1C[C@@H]3O. The smallest absolute Gasteiger partial charge is 0.266 e. The molecule has 71 heavy (non-hydrogen) atoms. The first-order valence-corrected chi connectivity index (χ1v) is 31.7. The number of carbonyl (C=O) groups excluding carboxylic acids is 2. The molecular weight excluding hydrogens is 941 g/mol. The standard InChI is InChI=1S/C55H96N4O10S2/c1-34(8-14-47(62)58-26-28-70(64,65)66)40-10-12-42-49-43(18-20-52(40,42)4)51(3)19-16-38(30-36(51)32-45(49)60)56-24-25-57-39-17-21-54(6)37(31-39)33-46(61)50-44-13-11-41(53(44,5)22-23-55(50,54)7)35(2)9-15-48(63)59-27-29-71(67,68)69/h34-46,49-50,56-57,60-61H,8-33H2,1-7H3,(H,58,62)(H,59,63)(H,64,65,66)(H,67,68,69)/t34-,35+,36?,37?,38?,39?,40-,41+,42-,43-,44+,45+,46-,49?,50?,51+,52-,53+,54-,55+/m1/s1. The van der Waals surface area contributed by atoms with Gasteiger partial charge in [-0.05, 0) is 208 Å². The number of aliphatic hydroxyl groups excluding tert-OH is 2. The van der Waals surface area contributed by atoms with Crippen LogP contribution in [0.1, 0.15) is 177 Å². The number of hydrogen-bond acceptors (Lipinski definition) is 10. The lowest BCUT2D eigenvalue weighted by molar-refractivity contribution is -0.218. The highest BCUT2D eigenvalue weighted by Crippen LogP contribution is 2.74. The normalized spacial score (nSPS) is 45.0. The maximum absolute atomic E-state index is 12.6. The van der Waals surface area contributed by atoms with Gasteiger partial charge in [0.15, 0.2) is 0 Å². The van der Waals surface area contributed by atoms with Crippen LogP contribution < -0.4 is 21.3 Å². The summed E-state index contributed by atoms with van der Waals surface area (Å²) in [5, 5.41) is 37.5. The average molecular weight is 1040 g/mol. The summed E-state index contributed by atoms with van der Waals surface area (Å²) >= 11 is 0. The maximum atomic E-state index is 12.6. The fraction of sp³-hybridized carbons (Fsp3) is 0.964. The third-order valence-corrected chi connectivity index (χ3v) is 25.1. The highest BCUT2D eigenvalue weighted by molar-refractivity contribution is 7.86. The molecule has 0 heterocycles. The highest BCUT2D eigenvalue weighted by atomic mass is 32.2. The van der Waals surface area contributed by atoms with Gasteiger partial charge in [-0.15, -0.1) is 0 Å². The van der Waals surface area contributed by atoms with Crippen molar-refractivity contribution in [2.24, 2.45) is 92.2 Å². The molecule has 8 fully saturated rings. The molecule has 408 valence electrons. The second kappa shape index (κ2) is 21.2. The Bertz CT molecular complexity index is 2130. The molecule has 0 spiro atoms. The van der Waals surface area contributed by atoms with E-state index in [4.69, 9.17) is 9.11 Å². The Labute approximate surface area is 428 Å². The molecule has 8 rings (SSSR count). The monoisotopic (exact) mass is 1040 g/mol. The molecule has 0 aromatic rings. The summed E-state index contributed by atoms with van der Waals surface area (Å²) in [6.07, 6.45) is 19.5. The summed E-state index contributed by atoms with van der Waals surface area (Å²) in [4.78, 5) is 25.1. The van der Waals surface area contributed by atoms with Crippen molar-refractivity contribution in [2.45, 2.75) is 201 Å². The number of nitrogens with one attached hydrogen (secondary N) is 4. The van der Waals surface area contributed by atoms with Gasteiger partial charge < -0.3 is 31.5 Å². The molecule has 8 aliphatic carbocycles. The van der Waals surface area contributed by atoms with E-state index in [-0.39, 0.29) is 70.1 Å². The van der Waals surface area contributed by atoms with E-state index in [0.29, 0.717) is 84.1 Å². The summed E-state index contributed by atoms with van der Waals surface area (Å²) < 4.78 is 62.3. The second-order valence-corrected chi connectivity index (χ2v) is 30.0. The van der Waals surface area contributed by atoms with Gasteiger partial charge in [-0.3, -0.25) is 18.7 Å². The van der Waals surface area contributed by atoms with Crippen molar-refractivity contribution in [1.29, 1.82) is 0 Å². The zero-order valence-corrected chi connectivity index (χ0v) is 46.2. The number of aliphatic hydroxyl groups is 2. The molecule has 0 radical (unpaired) electrons. The number of fused-ring (bicyclic) bond motifs is 10. The van der Waals surface area contributed by atoms with Crippen molar-refractivity contribution in [1.82, 2.24) is 21.3 Å². The zero-order chi connectivity index (χ0) is 51.5. The summed E-state index contributed by atoms with van der Waals surface area (Å²) in [6.45, 7) is 18.9. The van der Waals surface area contributed by atoms with E-state index in [2.05, 4.69) is 69.7 Å². The summed E-state index contributed by atoms with van der Waals surface area (Å²) in [6, 6.07) is 0.924. The van der Waals surface area contributed by atoms with Crippen molar-refractivity contribution < 1.29 is 45.7 Å². The van der Waals surface area contributed by atoms with Crippen LogP contribution in [-0.2, 0) is 29.8 Å². The number of amides is 2. The molecule has 20 atom stereocenters. The van der Waals surface area contributed by atoms with Crippen LogP contribution in [0.4, 0.5) is 0 Å². The van der Waals surface area contributed by atoms with E-state index in [1.807, 2.05) is 0 Å². The minimum Gasteiger partial charge on any atom is -0.393 e. The minimum absolute atomic E-state index is 0.0754. The van der Waals surface area contributed by atoms with E-state index in [1.165, 1.54) is 32.1 Å². The lowest BCUT2D eigenvalue weighted by Gasteiger charge is -2.68. The quantitative estimate of drug-likeness (QED) is 0.0468. The minimum atomic E-state index is -4.11. The lowest BCUT2D eigenvalue weighted by atomic mass is 9.37. The molecule has 2 amide bonds. The Morgan fingerprint density at radius 2 is 1.01 bits per heavy atom. The maximum Gasteiger partial charge on any atom is 0.266 e. The largest absolute Gasteiger partial charge is 0.393 e. The number of carbonyl (C=O) groups is 2. The van der Waals surface area contributed by atoms with Crippen molar-refractivity contribution in [2.75, 3.05) is 37.7 Å². The van der Waals surface area contributed by atoms with E-state index in [0.717, 1.165) is 96.6 Å². The van der Waals surface area contributed by atoms with Gasteiger partial charge in [0.1, 0.15) is 0 Å². The molecule has 0 bridgehead atoms. The van der Waals surface area contributed by atoms with Crippen LogP contribution in [0.15, 0.2) is 0 Å². The first-order chi connectivity index (χ1) is 33.2. The van der Waals surface area contributed by atoms with Gasteiger partial charge in [0.05, 0.1) is 23.7 Å². The summed E-state index contributed by atoms with van der Waals surface area (Å²) in [7, 11) is -8.21. The van der Waals surface area contributed by atoms with Crippen LogP contribution in [0.25, 0.3) is 0 Å². The molecule has 16 heteroatoms. The Morgan fingerprint density at radius 1 is 0.535 bits per heavy atom. The Kier molecular flexibility index (Phi) is 16.7. The molecular formula is C55H96N4O10S2. The summed E-state index contributed by atoms with van der Waals surface area (Å²) in [5.41, 5.74) is 0.783. The molecule has 0 aliphatic heterocycles. The van der Waals surface area contributed by atoms with Gasteiger partial charge in [0, 0.05) is 51.1 Å². The van der Waals surface area contributed by atoms with Gasteiger partial charge in [0.2, 0.25) is 11.8 Å². The number of hydrogen-bond donors (Lipinski definition) is 8. The molecule has 0 aromatic heterocycles. The van der Waals surface area contributed by atoms with Gasteiger partial charge in [-0.25, -0.2) is 0 Å². The van der Waals surface area contributed by atoms with E-state index in [1.54, 1.807) is 0 Å².